The number of benzene rings is 1. The van der Waals surface area contributed by atoms with E-state index < -0.39 is 0 Å². The van der Waals surface area contributed by atoms with Gasteiger partial charge in [0.05, 0.1) is 0 Å². The molecule has 0 radical (unpaired) electrons. The fourth-order valence-electron chi connectivity index (χ4n) is 3.38. The molecule has 1 saturated heterocycles. The molecule has 2 rings (SSSR count). The summed E-state index contributed by atoms with van der Waals surface area (Å²) in [7, 11) is 0. The van der Waals surface area contributed by atoms with Gasteiger partial charge in [-0.3, -0.25) is 0 Å². The summed E-state index contributed by atoms with van der Waals surface area (Å²) in [6, 6.07) is 7.09. The Morgan fingerprint density at radius 2 is 1.80 bits per heavy atom. The van der Waals surface area contributed by atoms with E-state index in [9.17, 15) is 0 Å². The molecule has 0 N–H and O–H groups in total. The lowest BCUT2D eigenvalue weighted by Crippen LogP contribution is -2.35. The summed E-state index contributed by atoms with van der Waals surface area (Å²) in [6.45, 7) is 14.1. The van der Waals surface area contributed by atoms with Crippen LogP contribution in [-0.2, 0) is 0 Å². The number of nitrogens with zero attached hydrogens (tertiary/aromatic N) is 1. The van der Waals surface area contributed by atoms with Gasteiger partial charge in [-0.15, -0.1) is 0 Å². The largest absolute Gasteiger partial charge is 0.371 e. The van der Waals surface area contributed by atoms with Gasteiger partial charge in [0.2, 0.25) is 0 Å². The lowest BCUT2D eigenvalue weighted by Gasteiger charge is -2.36. The van der Waals surface area contributed by atoms with Crippen molar-refractivity contribution in [3.8, 4) is 0 Å². The second kappa shape index (κ2) is 6.65. The van der Waals surface area contributed by atoms with E-state index in [1.54, 1.807) is 0 Å². The lowest BCUT2D eigenvalue weighted by molar-refractivity contribution is 0.311. The molecule has 1 fully saturated rings. The van der Waals surface area contributed by atoms with Crippen LogP contribution < -0.4 is 4.90 Å². The summed E-state index contributed by atoms with van der Waals surface area (Å²) >= 11 is 0. The first-order valence-electron chi connectivity index (χ1n) is 8.38. The van der Waals surface area contributed by atoms with Crippen LogP contribution >= 0.6 is 0 Å². The maximum absolute atomic E-state index is 2.59. The third-order valence-electron chi connectivity index (χ3n) is 5.23. The van der Waals surface area contributed by atoms with Gasteiger partial charge in [0, 0.05) is 18.8 Å². The van der Waals surface area contributed by atoms with Gasteiger partial charge < -0.3 is 4.90 Å². The van der Waals surface area contributed by atoms with E-state index in [-0.39, 0.29) is 0 Å². The molecule has 1 aromatic carbocycles. The molecule has 1 nitrogen and oxygen atoms in total. The van der Waals surface area contributed by atoms with E-state index in [0.29, 0.717) is 5.92 Å². The number of hydrogen-bond donors (Lipinski definition) is 0. The summed E-state index contributed by atoms with van der Waals surface area (Å²) in [5, 5.41) is 0. The molecule has 0 bridgehead atoms. The SMILES string of the molecule is CCC(C)c1ccc(N2CCC(C(C)C)CC2)c(C)c1. The topological polar surface area (TPSA) is 3.24 Å². The minimum atomic E-state index is 0.675. The Morgan fingerprint density at radius 1 is 1.15 bits per heavy atom. The van der Waals surface area contributed by atoms with Crippen molar-refractivity contribution in [3.63, 3.8) is 0 Å². The molecule has 20 heavy (non-hydrogen) atoms. The van der Waals surface area contributed by atoms with E-state index in [2.05, 4.69) is 57.7 Å². The van der Waals surface area contributed by atoms with Crippen LogP contribution in [0.4, 0.5) is 5.69 Å². The number of aryl methyl sites for hydroxylation is 1. The van der Waals surface area contributed by atoms with Gasteiger partial charge in [0.15, 0.2) is 0 Å². The smallest absolute Gasteiger partial charge is 0.0396 e. The Kier molecular flexibility index (Phi) is 5.12. The average Bonchev–Trinajstić information content (AvgIpc) is 2.46. The Labute approximate surface area is 125 Å². The highest BCUT2D eigenvalue weighted by Gasteiger charge is 2.22. The highest BCUT2D eigenvalue weighted by atomic mass is 15.1. The fraction of sp³-hybridized carbons (Fsp3) is 0.684. The quantitative estimate of drug-likeness (QED) is 0.711. The standard InChI is InChI=1S/C19H31N/c1-6-15(4)18-7-8-19(16(5)13-18)20-11-9-17(10-12-20)14(2)3/h7-8,13-15,17H,6,9-12H2,1-5H3. The van der Waals surface area contributed by atoms with E-state index in [1.165, 1.54) is 49.2 Å². The molecule has 1 aliphatic rings. The Balaban J connectivity index is 2.07. The van der Waals surface area contributed by atoms with Crippen molar-refractivity contribution in [1.29, 1.82) is 0 Å². The molecule has 0 saturated carbocycles. The van der Waals surface area contributed by atoms with Gasteiger partial charge in [-0.05, 0) is 61.1 Å². The van der Waals surface area contributed by atoms with Gasteiger partial charge in [0.25, 0.3) is 0 Å². The Bertz CT molecular complexity index is 427. The van der Waals surface area contributed by atoms with Crippen LogP contribution in [0.2, 0.25) is 0 Å². The predicted octanol–water partition coefficient (Wildman–Crippen LogP) is 5.38. The van der Waals surface area contributed by atoms with Crippen molar-refractivity contribution in [2.75, 3.05) is 18.0 Å². The molecule has 0 aliphatic carbocycles. The molecule has 112 valence electrons. The van der Waals surface area contributed by atoms with Crippen molar-refractivity contribution in [2.24, 2.45) is 11.8 Å². The fourth-order valence-corrected chi connectivity index (χ4v) is 3.38. The summed E-state index contributed by atoms with van der Waals surface area (Å²) in [6.07, 6.45) is 3.92. The molecular formula is C19H31N. The van der Waals surface area contributed by atoms with Crippen molar-refractivity contribution in [1.82, 2.24) is 0 Å². The van der Waals surface area contributed by atoms with Gasteiger partial charge in [-0.1, -0.05) is 39.8 Å². The van der Waals surface area contributed by atoms with Crippen molar-refractivity contribution >= 4 is 5.69 Å². The minimum absolute atomic E-state index is 0.675. The molecule has 1 aromatic rings. The maximum atomic E-state index is 2.59. The zero-order chi connectivity index (χ0) is 14.7. The predicted molar refractivity (Wildman–Crippen MR) is 89.7 cm³/mol. The molecule has 0 spiro atoms. The molecular weight excluding hydrogens is 242 g/mol. The van der Waals surface area contributed by atoms with Crippen LogP contribution in [0, 0.1) is 18.8 Å². The van der Waals surface area contributed by atoms with Crippen molar-refractivity contribution in [2.45, 2.75) is 59.8 Å². The number of hydrogen-bond acceptors (Lipinski definition) is 1. The van der Waals surface area contributed by atoms with Gasteiger partial charge in [-0.25, -0.2) is 0 Å². The average molecular weight is 273 g/mol. The lowest BCUT2D eigenvalue weighted by atomic mass is 9.86. The van der Waals surface area contributed by atoms with Crippen molar-refractivity contribution in [3.05, 3.63) is 29.3 Å². The molecule has 1 heterocycles. The summed E-state index contributed by atoms with van der Waals surface area (Å²) in [5.41, 5.74) is 4.40. The van der Waals surface area contributed by atoms with E-state index in [1.807, 2.05) is 0 Å². The van der Waals surface area contributed by atoms with Crippen LogP contribution in [-0.4, -0.2) is 13.1 Å². The second-order valence-corrected chi connectivity index (χ2v) is 6.92. The van der Waals surface area contributed by atoms with Crippen molar-refractivity contribution < 1.29 is 0 Å². The van der Waals surface area contributed by atoms with Crippen LogP contribution in [0.5, 0.6) is 0 Å². The Hall–Kier alpha value is -0.980. The highest BCUT2D eigenvalue weighted by Crippen LogP contribution is 2.31. The third kappa shape index (κ3) is 3.37. The monoisotopic (exact) mass is 273 g/mol. The van der Waals surface area contributed by atoms with Crippen LogP contribution in [0.1, 0.15) is 64.0 Å². The van der Waals surface area contributed by atoms with Gasteiger partial charge in [-0.2, -0.15) is 0 Å². The highest BCUT2D eigenvalue weighted by molar-refractivity contribution is 5.55. The summed E-state index contributed by atoms with van der Waals surface area (Å²) in [5.74, 6) is 2.44. The third-order valence-corrected chi connectivity index (χ3v) is 5.23. The van der Waals surface area contributed by atoms with Gasteiger partial charge in [0.1, 0.15) is 0 Å². The normalized spacial score (nSPS) is 18.6. The first kappa shape index (κ1) is 15.4. The van der Waals surface area contributed by atoms with Crippen LogP contribution in [0.3, 0.4) is 0 Å². The summed E-state index contributed by atoms with van der Waals surface area (Å²) in [4.78, 5) is 2.59. The zero-order valence-corrected chi connectivity index (χ0v) is 13.9. The number of piperidine rings is 1. The summed E-state index contributed by atoms with van der Waals surface area (Å²) < 4.78 is 0. The molecule has 1 aliphatic heterocycles. The molecule has 0 aromatic heterocycles. The number of rotatable bonds is 4. The van der Waals surface area contributed by atoms with E-state index >= 15 is 0 Å². The maximum Gasteiger partial charge on any atom is 0.0396 e. The molecule has 0 amide bonds. The second-order valence-electron chi connectivity index (χ2n) is 6.92. The minimum Gasteiger partial charge on any atom is -0.371 e. The first-order valence-corrected chi connectivity index (χ1v) is 8.38. The Morgan fingerprint density at radius 3 is 2.30 bits per heavy atom. The van der Waals surface area contributed by atoms with E-state index in [4.69, 9.17) is 0 Å². The van der Waals surface area contributed by atoms with Crippen LogP contribution in [0.15, 0.2) is 18.2 Å². The van der Waals surface area contributed by atoms with Gasteiger partial charge >= 0.3 is 0 Å². The molecule has 1 atom stereocenters. The zero-order valence-electron chi connectivity index (χ0n) is 13.9. The first-order chi connectivity index (χ1) is 9.52. The molecule has 1 unspecified atom stereocenters. The van der Waals surface area contributed by atoms with E-state index in [0.717, 1.165) is 11.8 Å². The van der Waals surface area contributed by atoms with Crippen LogP contribution in [0.25, 0.3) is 0 Å². The molecule has 1 heteroatoms. The number of anilines is 1.